The Labute approximate surface area is 320 Å². The Morgan fingerprint density at radius 1 is 0.698 bits per heavy atom. The molecule has 1 aliphatic rings. The summed E-state index contributed by atoms with van der Waals surface area (Å²) in [5.74, 6) is -1.09. The summed E-state index contributed by atoms with van der Waals surface area (Å²) in [5, 5.41) is 32.6. The smallest absolute Gasteiger partial charge is 0.417 e. The van der Waals surface area contributed by atoms with Crippen LogP contribution in [0.25, 0.3) is 0 Å². The average molecular weight is 748 g/mol. The van der Waals surface area contributed by atoms with Gasteiger partial charge >= 0.3 is 6.09 Å². The van der Waals surface area contributed by atoms with E-state index in [9.17, 15) is 29.7 Å². The monoisotopic (exact) mass is 748 g/mol. The van der Waals surface area contributed by atoms with Crippen molar-refractivity contribution in [1.82, 2.24) is 9.80 Å². The molecular weight excluding hydrogens is 674 g/mol. The van der Waals surface area contributed by atoms with Crippen molar-refractivity contribution in [2.45, 2.75) is 192 Å². The van der Waals surface area contributed by atoms with Gasteiger partial charge in [-0.05, 0) is 18.4 Å². The van der Waals surface area contributed by atoms with Crippen LogP contribution in [0.1, 0.15) is 161 Å². The van der Waals surface area contributed by atoms with Crippen LogP contribution in [-0.2, 0) is 25.7 Å². The summed E-state index contributed by atoms with van der Waals surface area (Å²) < 4.78 is 11.7. The maximum absolute atomic E-state index is 14.0. The van der Waals surface area contributed by atoms with Crippen LogP contribution in [0.3, 0.4) is 0 Å². The molecule has 304 valence electrons. The SMILES string of the molecule is CCCCCCCCCCCCCCN(C(=O)CCCCCCCCCCC)[C@@H]1O[C@H](CO)[C@H](O)[C@H](O)[C@H]1N(C(=O)CN)C(=O)OCc1ccccc1. The van der Waals surface area contributed by atoms with E-state index in [1.54, 1.807) is 24.3 Å². The lowest BCUT2D eigenvalue weighted by molar-refractivity contribution is -0.244. The number of aliphatic hydroxyl groups is 3. The Bertz CT molecular complexity index is 1110. The maximum Gasteiger partial charge on any atom is 0.417 e. The van der Waals surface area contributed by atoms with Crippen molar-refractivity contribution >= 4 is 17.9 Å². The largest absolute Gasteiger partial charge is 0.444 e. The average Bonchev–Trinajstić information content (AvgIpc) is 3.17. The summed E-state index contributed by atoms with van der Waals surface area (Å²) in [6.07, 6.45) is 16.8. The third-order valence-electron chi connectivity index (χ3n) is 10.4. The summed E-state index contributed by atoms with van der Waals surface area (Å²) in [5.41, 5.74) is 6.44. The van der Waals surface area contributed by atoms with E-state index in [0.29, 0.717) is 23.3 Å². The normalized spacial score (nSPS) is 19.9. The van der Waals surface area contributed by atoms with Crippen molar-refractivity contribution in [1.29, 1.82) is 0 Å². The highest BCUT2D eigenvalue weighted by molar-refractivity contribution is 5.93. The summed E-state index contributed by atoms with van der Waals surface area (Å²) in [6.45, 7) is 3.33. The maximum atomic E-state index is 14.0. The van der Waals surface area contributed by atoms with E-state index in [2.05, 4.69) is 13.8 Å². The quantitative estimate of drug-likeness (QED) is 0.0613. The van der Waals surface area contributed by atoms with E-state index in [0.717, 1.165) is 38.5 Å². The molecular formula is C42H73N3O8. The van der Waals surface area contributed by atoms with Crippen molar-refractivity contribution in [2.24, 2.45) is 5.73 Å². The molecule has 1 saturated heterocycles. The molecule has 2 rings (SSSR count). The molecule has 53 heavy (non-hydrogen) atoms. The second kappa shape index (κ2) is 28.8. The molecule has 1 aliphatic heterocycles. The molecule has 1 fully saturated rings. The first-order valence-corrected chi connectivity index (χ1v) is 20.9. The molecule has 0 unspecified atom stereocenters. The van der Waals surface area contributed by atoms with Crippen LogP contribution in [0, 0.1) is 0 Å². The Hall–Kier alpha value is -2.57. The minimum Gasteiger partial charge on any atom is -0.444 e. The number of imide groups is 1. The van der Waals surface area contributed by atoms with Gasteiger partial charge in [-0.15, -0.1) is 0 Å². The minimum absolute atomic E-state index is 0.149. The molecule has 0 aliphatic carbocycles. The van der Waals surface area contributed by atoms with Gasteiger partial charge in [0.05, 0.1) is 13.2 Å². The predicted molar refractivity (Wildman–Crippen MR) is 209 cm³/mol. The molecule has 0 aromatic heterocycles. The lowest BCUT2D eigenvalue weighted by Gasteiger charge is -2.49. The van der Waals surface area contributed by atoms with E-state index >= 15 is 0 Å². The van der Waals surface area contributed by atoms with Gasteiger partial charge in [0.1, 0.15) is 31.0 Å². The molecule has 3 amide bonds. The zero-order valence-corrected chi connectivity index (χ0v) is 33.0. The van der Waals surface area contributed by atoms with E-state index in [-0.39, 0.29) is 25.5 Å². The number of amides is 3. The first kappa shape index (κ1) is 46.6. The lowest BCUT2D eigenvalue weighted by atomic mass is 9.93. The molecule has 0 spiro atoms. The summed E-state index contributed by atoms with van der Waals surface area (Å²) in [7, 11) is 0. The molecule has 1 heterocycles. The van der Waals surface area contributed by atoms with Gasteiger partial charge in [0.15, 0.2) is 6.23 Å². The number of carbonyl (C=O) groups excluding carboxylic acids is 3. The highest BCUT2D eigenvalue weighted by Gasteiger charge is 2.53. The van der Waals surface area contributed by atoms with Crippen molar-refractivity contribution < 1.29 is 39.2 Å². The number of unbranched alkanes of at least 4 members (excludes halogenated alkanes) is 19. The number of carbonyl (C=O) groups is 3. The van der Waals surface area contributed by atoms with Gasteiger partial charge in [-0.25, -0.2) is 9.69 Å². The van der Waals surface area contributed by atoms with Crippen LogP contribution in [0.5, 0.6) is 0 Å². The number of hydrogen-bond acceptors (Lipinski definition) is 9. The molecule has 1 aromatic carbocycles. The second-order valence-electron chi connectivity index (χ2n) is 14.8. The van der Waals surface area contributed by atoms with Gasteiger partial charge in [0.2, 0.25) is 11.8 Å². The highest BCUT2D eigenvalue weighted by Crippen LogP contribution is 2.30. The first-order valence-electron chi connectivity index (χ1n) is 20.9. The molecule has 1 aromatic rings. The molecule has 0 saturated carbocycles. The fourth-order valence-electron chi connectivity index (χ4n) is 7.14. The number of nitrogens with zero attached hydrogens (tertiary/aromatic N) is 2. The lowest BCUT2D eigenvalue weighted by Crippen LogP contribution is -2.70. The second-order valence-corrected chi connectivity index (χ2v) is 14.8. The summed E-state index contributed by atoms with van der Waals surface area (Å²) in [4.78, 5) is 43.2. The molecule has 5 N–H and O–H groups in total. The number of ether oxygens (including phenoxy) is 2. The standard InChI is InChI=1S/C42H73N3O8/c1-3-5-7-9-11-13-14-15-17-19-21-26-30-44(36(47)29-25-20-18-16-12-10-8-6-4-2)41-38(40(50)39(49)35(32-46)53-41)45(37(48)31-43)42(51)52-33-34-27-23-22-24-28-34/h22-24,27-28,35,38-41,46,49-50H,3-21,25-26,29-33,43H2,1-2H3/t35-,38-,39+,40-,41-/m1/s1. The van der Waals surface area contributed by atoms with E-state index in [1.807, 2.05) is 6.07 Å². The van der Waals surface area contributed by atoms with E-state index in [1.165, 1.54) is 88.4 Å². The van der Waals surface area contributed by atoms with E-state index < -0.39 is 55.7 Å². The minimum atomic E-state index is -1.74. The fourth-order valence-corrected chi connectivity index (χ4v) is 7.14. The van der Waals surface area contributed by atoms with Crippen molar-refractivity contribution in [3.8, 4) is 0 Å². The van der Waals surface area contributed by atoms with Gasteiger partial charge in [-0.3, -0.25) is 9.59 Å². The fraction of sp³-hybridized carbons (Fsp3) is 0.786. The summed E-state index contributed by atoms with van der Waals surface area (Å²) >= 11 is 0. The highest BCUT2D eigenvalue weighted by atomic mass is 16.6. The molecule has 11 heteroatoms. The van der Waals surface area contributed by atoms with Crippen molar-refractivity contribution in [3.05, 3.63) is 35.9 Å². The Kier molecular flexibility index (Phi) is 25.3. The molecule has 5 atom stereocenters. The Balaban J connectivity index is 2.19. The van der Waals surface area contributed by atoms with Gasteiger partial charge < -0.3 is 35.4 Å². The Morgan fingerprint density at radius 2 is 1.19 bits per heavy atom. The van der Waals surface area contributed by atoms with Gasteiger partial charge in [0, 0.05) is 13.0 Å². The van der Waals surface area contributed by atoms with Crippen LogP contribution in [0.2, 0.25) is 0 Å². The van der Waals surface area contributed by atoms with Crippen molar-refractivity contribution in [3.63, 3.8) is 0 Å². The number of benzene rings is 1. The molecule has 0 radical (unpaired) electrons. The number of rotatable bonds is 29. The third-order valence-corrected chi connectivity index (χ3v) is 10.4. The topological polar surface area (TPSA) is 163 Å². The van der Waals surface area contributed by atoms with Crippen LogP contribution in [0.4, 0.5) is 4.79 Å². The van der Waals surface area contributed by atoms with E-state index in [4.69, 9.17) is 15.2 Å². The van der Waals surface area contributed by atoms with Crippen LogP contribution in [-0.4, -0.2) is 93.3 Å². The van der Waals surface area contributed by atoms with Crippen LogP contribution >= 0.6 is 0 Å². The molecule has 11 nitrogen and oxygen atoms in total. The third kappa shape index (κ3) is 17.6. The number of nitrogens with two attached hydrogens (primary N) is 1. The van der Waals surface area contributed by atoms with Gasteiger partial charge in [-0.2, -0.15) is 0 Å². The Morgan fingerprint density at radius 3 is 1.68 bits per heavy atom. The predicted octanol–water partition coefficient (Wildman–Crippen LogP) is 7.37. The summed E-state index contributed by atoms with van der Waals surface area (Å²) in [6, 6.07) is 7.42. The first-order chi connectivity index (χ1) is 25.8. The number of hydrogen-bond donors (Lipinski definition) is 4. The number of aliphatic hydroxyl groups excluding tert-OH is 3. The van der Waals surface area contributed by atoms with Gasteiger partial charge in [-0.1, -0.05) is 166 Å². The molecule has 0 bridgehead atoms. The van der Waals surface area contributed by atoms with Gasteiger partial charge in [0.25, 0.3) is 0 Å². The zero-order valence-electron chi connectivity index (χ0n) is 33.0. The van der Waals surface area contributed by atoms with Crippen LogP contribution < -0.4 is 5.73 Å². The van der Waals surface area contributed by atoms with Crippen LogP contribution in [0.15, 0.2) is 30.3 Å². The zero-order chi connectivity index (χ0) is 38.7. The van der Waals surface area contributed by atoms with Crippen molar-refractivity contribution in [2.75, 3.05) is 19.7 Å².